The average Bonchev–Trinajstić information content (AvgIpc) is 2.91. The summed E-state index contributed by atoms with van der Waals surface area (Å²) in [7, 11) is -1.75. The molecule has 3 rings (SSSR count). The first-order valence-electron chi connectivity index (χ1n) is 13.1. The molecule has 2 amide bonds. The zero-order valence-electron chi connectivity index (χ0n) is 24.1. The summed E-state index contributed by atoms with van der Waals surface area (Å²) in [5, 5.41) is 3.51. The van der Waals surface area contributed by atoms with Gasteiger partial charge in [-0.25, -0.2) is 8.70 Å². The number of nitrogens with zero attached hydrogens (tertiary/aromatic N) is 3. The van der Waals surface area contributed by atoms with Gasteiger partial charge in [0.15, 0.2) is 0 Å². The SMILES string of the molecule is CN(C)S(=O)(=O)N(CC(=O)N(Cc1ccc(Cl)c(Cl)c1)C(Cc1ccccc1)C(=O)NC(C)(C)C)c1ccccc1F. The van der Waals surface area contributed by atoms with Crippen LogP contribution in [-0.4, -0.2) is 61.7 Å². The summed E-state index contributed by atoms with van der Waals surface area (Å²) < 4.78 is 43.3. The third kappa shape index (κ3) is 8.67. The number of anilines is 1. The number of hydrogen-bond donors (Lipinski definition) is 1. The van der Waals surface area contributed by atoms with Gasteiger partial charge < -0.3 is 10.2 Å². The zero-order chi connectivity index (χ0) is 31.2. The Morgan fingerprint density at radius 2 is 1.52 bits per heavy atom. The minimum atomic E-state index is -4.32. The van der Waals surface area contributed by atoms with Gasteiger partial charge in [0.25, 0.3) is 0 Å². The Balaban J connectivity index is 2.14. The number of hydrogen-bond acceptors (Lipinski definition) is 4. The van der Waals surface area contributed by atoms with Crippen LogP contribution in [0.1, 0.15) is 31.9 Å². The lowest BCUT2D eigenvalue weighted by atomic mass is 10.0. The topological polar surface area (TPSA) is 90.0 Å². The molecule has 8 nitrogen and oxygen atoms in total. The lowest BCUT2D eigenvalue weighted by Gasteiger charge is -2.35. The van der Waals surface area contributed by atoms with Crippen LogP contribution in [0.5, 0.6) is 0 Å². The van der Waals surface area contributed by atoms with Gasteiger partial charge >= 0.3 is 10.2 Å². The van der Waals surface area contributed by atoms with E-state index in [0.717, 1.165) is 15.9 Å². The highest BCUT2D eigenvalue weighted by Crippen LogP contribution is 2.26. The van der Waals surface area contributed by atoms with Crippen molar-refractivity contribution in [3.05, 3.63) is 99.8 Å². The molecule has 1 N–H and O–H groups in total. The number of carbonyl (C=O) groups excluding carboxylic acids is 2. The monoisotopic (exact) mass is 636 g/mol. The fraction of sp³-hybridized carbons (Fsp3) is 0.333. The molecule has 1 atom stereocenters. The van der Waals surface area contributed by atoms with Gasteiger partial charge in [-0.2, -0.15) is 12.7 Å². The van der Waals surface area contributed by atoms with Crippen LogP contribution in [0, 0.1) is 5.82 Å². The summed E-state index contributed by atoms with van der Waals surface area (Å²) >= 11 is 12.4. The zero-order valence-corrected chi connectivity index (χ0v) is 26.5. The van der Waals surface area contributed by atoms with Crippen LogP contribution in [0.25, 0.3) is 0 Å². The summed E-state index contributed by atoms with van der Waals surface area (Å²) in [4.78, 5) is 29.3. The predicted octanol–water partition coefficient (Wildman–Crippen LogP) is 5.30. The van der Waals surface area contributed by atoms with Gasteiger partial charge in [0.1, 0.15) is 18.4 Å². The third-order valence-corrected chi connectivity index (χ3v) is 8.79. The van der Waals surface area contributed by atoms with E-state index >= 15 is 0 Å². The van der Waals surface area contributed by atoms with Gasteiger partial charge in [0.2, 0.25) is 11.8 Å². The van der Waals surface area contributed by atoms with E-state index in [9.17, 15) is 22.4 Å². The smallest absolute Gasteiger partial charge is 0.304 e. The molecule has 0 spiro atoms. The summed E-state index contributed by atoms with van der Waals surface area (Å²) in [5.41, 5.74) is 0.420. The molecule has 0 aliphatic heterocycles. The van der Waals surface area contributed by atoms with E-state index in [1.54, 1.807) is 18.2 Å². The molecule has 42 heavy (non-hydrogen) atoms. The van der Waals surface area contributed by atoms with Crippen LogP contribution in [0.2, 0.25) is 10.0 Å². The normalized spacial score (nSPS) is 12.6. The Kier molecular flexibility index (Phi) is 11.0. The molecule has 0 saturated heterocycles. The number of rotatable bonds is 11. The maximum atomic E-state index is 14.9. The largest absolute Gasteiger partial charge is 0.350 e. The number of carbonyl (C=O) groups is 2. The maximum absolute atomic E-state index is 14.9. The van der Waals surface area contributed by atoms with Crippen LogP contribution in [-0.2, 0) is 32.8 Å². The molecule has 3 aromatic carbocycles. The molecule has 3 aromatic rings. The van der Waals surface area contributed by atoms with Gasteiger partial charge in [0.05, 0.1) is 15.7 Å². The van der Waals surface area contributed by atoms with Crippen molar-refractivity contribution in [2.45, 2.75) is 45.3 Å². The van der Waals surface area contributed by atoms with Gasteiger partial charge in [-0.1, -0.05) is 71.7 Å². The Morgan fingerprint density at radius 3 is 2.10 bits per heavy atom. The van der Waals surface area contributed by atoms with E-state index in [4.69, 9.17) is 23.2 Å². The van der Waals surface area contributed by atoms with Gasteiger partial charge in [-0.3, -0.25) is 9.59 Å². The summed E-state index contributed by atoms with van der Waals surface area (Å²) in [6.07, 6.45) is 0.135. The minimum absolute atomic E-state index is 0.0993. The highest BCUT2D eigenvalue weighted by molar-refractivity contribution is 7.90. The predicted molar refractivity (Wildman–Crippen MR) is 165 cm³/mol. The van der Waals surface area contributed by atoms with Crippen molar-refractivity contribution in [2.24, 2.45) is 0 Å². The number of benzene rings is 3. The molecule has 0 radical (unpaired) electrons. The molecule has 226 valence electrons. The highest BCUT2D eigenvalue weighted by atomic mass is 35.5. The Bertz CT molecular complexity index is 1520. The second kappa shape index (κ2) is 13.9. The van der Waals surface area contributed by atoms with Gasteiger partial charge in [-0.15, -0.1) is 0 Å². The molecule has 0 aromatic heterocycles. The first-order valence-corrected chi connectivity index (χ1v) is 15.3. The van der Waals surface area contributed by atoms with E-state index in [2.05, 4.69) is 5.32 Å². The van der Waals surface area contributed by atoms with Crippen LogP contribution in [0.3, 0.4) is 0 Å². The fourth-order valence-corrected chi connectivity index (χ4v) is 5.58. The molecule has 0 heterocycles. The Hall–Kier alpha value is -3.18. The molecule has 0 bridgehead atoms. The van der Waals surface area contributed by atoms with E-state index in [1.807, 2.05) is 51.1 Å². The second-order valence-corrected chi connectivity index (χ2v) is 13.8. The first-order chi connectivity index (χ1) is 19.6. The standard InChI is InChI=1S/C30H35Cl2FN4O4S/c1-30(2,3)34-29(39)27(18-21-11-7-6-8-12-21)36(19-22-15-16-23(31)24(32)17-22)28(38)20-37(42(40,41)35(4)5)26-14-10-9-13-25(26)33/h6-17,27H,18-20H2,1-5H3,(H,34,39). The van der Waals surface area contributed by atoms with Crippen molar-refractivity contribution in [3.63, 3.8) is 0 Å². The lowest BCUT2D eigenvalue weighted by Crippen LogP contribution is -2.56. The quantitative estimate of drug-likeness (QED) is 0.309. The first kappa shape index (κ1) is 33.3. The molecule has 0 fully saturated rings. The van der Waals surface area contributed by atoms with Crippen LogP contribution in [0.15, 0.2) is 72.8 Å². The maximum Gasteiger partial charge on any atom is 0.304 e. The number of para-hydroxylation sites is 1. The molecule has 0 aliphatic rings. The molecule has 0 aliphatic carbocycles. The van der Waals surface area contributed by atoms with Crippen LogP contribution in [0.4, 0.5) is 10.1 Å². The summed E-state index contributed by atoms with van der Waals surface area (Å²) in [6.45, 7) is 4.59. The van der Waals surface area contributed by atoms with Crippen molar-refractivity contribution in [1.29, 1.82) is 0 Å². The van der Waals surface area contributed by atoms with E-state index in [0.29, 0.717) is 14.9 Å². The van der Waals surface area contributed by atoms with Crippen molar-refractivity contribution in [2.75, 3.05) is 24.9 Å². The highest BCUT2D eigenvalue weighted by Gasteiger charge is 2.36. The molecule has 12 heteroatoms. The van der Waals surface area contributed by atoms with Gasteiger partial charge in [-0.05, 0) is 56.2 Å². The third-order valence-electron chi connectivity index (χ3n) is 6.25. The summed E-state index contributed by atoms with van der Waals surface area (Å²) in [5.74, 6) is -1.98. The van der Waals surface area contributed by atoms with Crippen LogP contribution >= 0.6 is 23.2 Å². The fourth-order valence-electron chi connectivity index (χ4n) is 4.20. The summed E-state index contributed by atoms with van der Waals surface area (Å²) in [6, 6.07) is 18.2. The van der Waals surface area contributed by atoms with Crippen molar-refractivity contribution < 1.29 is 22.4 Å². The van der Waals surface area contributed by atoms with Crippen molar-refractivity contribution in [1.82, 2.24) is 14.5 Å². The van der Waals surface area contributed by atoms with E-state index in [-0.39, 0.29) is 23.7 Å². The van der Waals surface area contributed by atoms with Crippen molar-refractivity contribution >= 4 is 50.9 Å². The van der Waals surface area contributed by atoms with Crippen molar-refractivity contribution in [3.8, 4) is 0 Å². The number of halogens is 3. The number of nitrogens with one attached hydrogen (secondary N) is 1. The Labute approximate surface area is 257 Å². The van der Waals surface area contributed by atoms with Gasteiger partial charge in [0, 0.05) is 32.6 Å². The van der Waals surface area contributed by atoms with Crippen LogP contribution < -0.4 is 9.62 Å². The Morgan fingerprint density at radius 1 is 0.905 bits per heavy atom. The molecular formula is C30H35Cl2FN4O4S. The number of amides is 2. The van der Waals surface area contributed by atoms with E-state index < -0.39 is 46.0 Å². The lowest BCUT2D eigenvalue weighted by molar-refractivity contribution is -0.140. The average molecular weight is 638 g/mol. The molecule has 0 saturated carbocycles. The molecule has 1 unspecified atom stereocenters. The van der Waals surface area contributed by atoms with E-state index in [1.165, 1.54) is 37.2 Å². The molecular weight excluding hydrogens is 602 g/mol. The second-order valence-electron chi connectivity index (χ2n) is 11.0. The minimum Gasteiger partial charge on any atom is -0.350 e.